The van der Waals surface area contributed by atoms with Crippen molar-refractivity contribution in [3.8, 4) is 0 Å². The molecule has 0 radical (unpaired) electrons. The Labute approximate surface area is 78.0 Å². The number of halogens is 1. The molecular weight excluding hydrogens is 174 g/mol. The van der Waals surface area contributed by atoms with Crippen molar-refractivity contribution in [3.63, 3.8) is 0 Å². The van der Waals surface area contributed by atoms with Crippen LogP contribution in [-0.2, 0) is 4.79 Å². The van der Waals surface area contributed by atoms with Crippen molar-refractivity contribution in [2.75, 3.05) is 0 Å². The standard InChI is InChI=1S/C9H14ClNO/c10-11-8-4-2-1-3-7(8)5-6-9(11)12/h7-8H,1-6H2/t7-,8+/m0/s1. The highest BCUT2D eigenvalue weighted by atomic mass is 35.5. The van der Waals surface area contributed by atoms with Crippen LogP contribution < -0.4 is 0 Å². The third-order valence-electron chi connectivity index (χ3n) is 3.13. The summed E-state index contributed by atoms with van der Waals surface area (Å²) in [5.41, 5.74) is 0. The van der Waals surface area contributed by atoms with Crippen LogP contribution >= 0.6 is 11.8 Å². The summed E-state index contributed by atoms with van der Waals surface area (Å²) in [7, 11) is 0. The van der Waals surface area contributed by atoms with Gasteiger partial charge in [-0.25, -0.2) is 0 Å². The minimum absolute atomic E-state index is 0.125. The summed E-state index contributed by atoms with van der Waals surface area (Å²) in [6.07, 6.45) is 6.65. The van der Waals surface area contributed by atoms with Gasteiger partial charge >= 0.3 is 0 Å². The van der Waals surface area contributed by atoms with E-state index in [2.05, 4.69) is 0 Å². The molecule has 0 N–H and O–H groups in total. The molecule has 1 heterocycles. The molecule has 1 saturated carbocycles. The first-order valence-electron chi connectivity index (χ1n) is 4.77. The first-order chi connectivity index (χ1) is 5.79. The normalized spacial score (nSPS) is 36.4. The van der Waals surface area contributed by atoms with Gasteiger partial charge in [0.05, 0.1) is 6.04 Å². The molecule has 2 fully saturated rings. The minimum Gasteiger partial charge on any atom is -0.274 e. The van der Waals surface area contributed by atoms with Gasteiger partial charge in [0.1, 0.15) is 0 Å². The molecule has 1 aliphatic carbocycles. The molecule has 0 bridgehead atoms. The fraction of sp³-hybridized carbons (Fsp3) is 0.889. The zero-order valence-corrected chi connectivity index (χ0v) is 7.89. The average molecular weight is 188 g/mol. The van der Waals surface area contributed by atoms with E-state index in [4.69, 9.17) is 11.8 Å². The molecule has 1 amide bonds. The number of carbonyl (C=O) groups excluding carboxylic acids is 1. The molecule has 0 aromatic rings. The lowest BCUT2D eigenvalue weighted by atomic mass is 9.79. The van der Waals surface area contributed by atoms with Crippen LogP contribution in [0.15, 0.2) is 0 Å². The Bertz CT molecular complexity index is 195. The maximum absolute atomic E-state index is 11.2. The second kappa shape index (κ2) is 3.25. The fourth-order valence-corrected chi connectivity index (χ4v) is 2.77. The van der Waals surface area contributed by atoms with Crippen molar-refractivity contribution >= 4 is 17.7 Å². The number of piperidine rings is 1. The van der Waals surface area contributed by atoms with Gasteiger partial charge in [-0.3, -0.25) is 9.21 Å². The van der Waals surface area contributed by atoms with Gasteiger partial charge in [0.15, 0.2) is 0 Å². The first kappa shape index (κ1) is 8.36. The van der Waals surface area contributed by atoms with Crippen LogP contribution in [-0.4, -0.2) is 16.4 Å². The van der Waals surface area contributed by atoms with Crippen LogP contribution in [0.5, 0.6) is 0 Å². The topological polar surface area (TPSA) is 20.3 Å². The summed E-state index contributed by atoms with van der Waals surface area (Å²) >= 11 is 5.92. The number of fused-ring (bicyclic) bond motifs is 1. The smallest absolute Gasteiger partial charge is 0.237 e. The van der Waals surface area contributed by atoms with Gasteiger partial charge in [0.2, 0.25) is 5.91 Å². The van der Waals surface area contributed by atoms with Crippen molar-refractivity contribution < 1.29 is 4.79 Å². The maximum Gasteiger partial charge on any atom is 0.237 e. The number of hydrogen-bond acceptors (Lipinski definition) is 1. The largest absolute Gasteiger partial charge is 0.274 e. The van der Waals surface area contributed by atoms with Crippen molar-refractivity contribution in [2.24, 2.45) is 5.92 Å². The Morgan fingerprint density at radius 3 is 2.83 bits per heavy atom. The zero-order chi connectivity index (χ0) is 8.55. The van der Waals surface area contributed by atoms with Gasteiger partial charge in [-0.15, -0.1) is 0 Å². The third-order valence-corrected chi connectivity index (χ3v) is 3.57. The molecule has 3 heteroatoms. The highest BCUT2D eigenvalue weighted by Crippen LogP contribution is 2.36. The third kappa shape index (κ3) is 1.33. The molecule has 68 valence electrons. The Balaban J connectivity index is 2.08. The van der Waals surface area contributed by atoms with Crippen molar-refractivity contribution in [1.82, 2.24) is 4.42 Å². The second-order valence-corrected chi connectivity index (χ2v) is 4.22. The van der Waals surface area contributed by atoms with Gasteiger partial charge in [-0.2, -0.15) is 0 Å². The van der Waals surface area contributed by atoms with E-state index in [-0.39, 0.29) is 5.91 Å². The minimum atomic E-state index is 0.125. The molecule has 2 aliphatic rings. The van der Waals surface area contributed by atoms with Crippen LogP contribution in [0.2, 0.25) is 0 Å². The number of carbonyl (C=O) groups is 1. The number of rotatable bonds is 0. The van der Waals surface area contributed by atoms with E-state index in [9.17, 15) is 4.79 Å². The summed E-state index contributed by atoms with van der Waals surface area (Å²) in [5, 5.41) is 0. The molecule has 1 saturated heterocycles. The zero-order valence-electron chi connectivity index (χ0n) is 7.13. The molecule has 1 aliphatic heterocycles. The van der Waals surface area contributed by atoms with Gasteiger partial charge in [-0.1, -0.05) is 12.8 Å². The Morgan fingerprint density at radius 1 is 1.25 bits per heavy atom. The molecule has 2 nitrogen and oxygen atoms in total. The Hall–Kier alpha value is -0.240. The fourth-order valence-electron chi connectivity index (χ4n) is 2.42. The predicted octanol–water partition coefficient (Wildman–Crippen LogP) is 2.32. The highest BCUT2D eigenvalue weighted by molar-refractivity contribution is 6.21. The van der Waals surface area contributed by atoms with E-state index in [1.54, 1.807) is 0 Å². The quantitative estimate of drug-likeness (QED) is 0.533. The summed E-state index contributed by atoms with van der Waals surface area (Å²) in [6.45, 7) is 0. The summed E-state index contributed by atoms with van der Waals surface area (Å²) in [6, 6.07) is 0.349. The summed E-state index contributed by atoms with van der Waals surface area (Å²) in [5.74, 6) is 0.814. The number of hydrogen-bond donors (Lipinski definition) is 0. The van der Waals surface area contributed by atoms with Gasteiger partial charge in [0.25, 0.3) is 0 Å². The first-order valence-corrected chi connectivity index (χ1v) is 5.10. The lowest BCUT2D eigenvalue weighted by Gasteiger charge is -2.39. The number of nitrogens with zero attached hydrogens (tertiary/aromatic N) is 1. The lowest BCUT2D eigenvalue weighted by Crippen LogP contribution is -2.44. The number of amides is 1. The van der Waals surface area contributed by atoms with Crippen LogP contribution in [0.4, 0.5) is 0 Å². The summed E-state index contributed by atoms with van der Waals surface area (Å²) < 4.78 is 1.47. The van der Waals surface area contributed by atoms with Crippen LogP contribution in [0.25, 0.3) is 0 Å². The van der Waals surface area contributed by atoms with E-state index in [1.165, 1.54) is 23.7 Å². The van der Waals surface area contributed by atoms with Crippen LogP contribution in [0, 0.1) is 5.92 Å². The van der Waals surface area contributed by atoms with Crippen molar-refractivity contribution in [1.29, 1.82) is 0 Å². The molecule has 0 aromatic carbocycles. The molecule has 0 aromatic heterocycles. The monoisotopic (exact) mass is 187 g/mol. The van der Waals surface area contributed by atoms with E-state index in [1.807, 2.05) is 0 Å². The van der Waals surface area contributed by atoms with E-state index < -0.39 is 0 Å². The van der Waals surface area contributed by atoms with Gasteiger partial charge < -0.3 is 0 Å². The van der Waals surface area contributed by atoms with Crippen molar-refractivity contribution in [2.45, 2.75) is 44.6 Å². The van der Waals surface area contributed by atoms with Crippen molar-refractivity contribution in [3.05, 3.63) is 0 Å². The summed E-state index contributed by atoms with van der Waals surface area (Å²) in [4.78, 5) is 11.2. The van der Waals surface area contributed by atoms with Gasteiger partial charge in [0, 0.05) is 18.2 Å². The van der Waals surface area contributed by atoms with Crippen LogP contribution in [0.1, 0.15) is 38.5 Å². The molecule has 0 unspecified atom stereocenters. The Morgan fingerprint density at radius 2 is 2.00 bits per heavy atom. The van der Waals surface area contributed by atoms with E-state index >= 15 is 0 Å². The van der Waals surface area contributed by atoms with E-state index in [0.717, 1.165) is 12.8 Å². The Kier molecular flexibility index (Phi) is 2.26. The second-order valence-electron chi connectivity index (χ2n) is 3.86. The van der Waals surface area contributed by atoms with Crippen LogP contribution in [0.3, 0.4) is 0 Å². The molecule has 0 spiro atoms. The maximum atomic E-state index is 11.2. The van der Waals surface area contributed by atoms with Gasteiger partial charge in [-0.05, 0) is 25.2 Å². The highest BCUT2D eigenvalue weighted by Gasteiger charge is 2.36. The molecule has 12 heavy (non-hydrogen) atoms. The SMILES string of the molecule is O=C1CC[C@@H]2CCCC[C@H]2N1Cl. The molecule has 2 rings (SSSR count). The predicted molar refractivity (Wildman–Crippen MR) is 47.7 cm³/mol. The molecular formula is C9H14ClNO. The van der Waals surface area contributed by atoms with E-state index in [0.29, 0.717) is 18.4 Å². The molecule has 2 atom stereocenters. The lowest BCUT2D eigenvalue weighted by molar-refractivity contribution is -0.132. The average Bonchev–Trinajstić information content (AvgIpc) is 2.12.